The first-order valence-electron chi connectivity index (χ1n) is 8.45. The van der Waals surface area contributed by atoms with Gasteiger partial charge in [-0.25, -0.2) is 4.98 Å². The van der Waals surface area contributed by atoms with Gasteiger partial charge in [-0.2, -0.15) is 4.98 Å². The van der Waals surface area contributed by atoms with E-state index >= 15 is 0 Å². The van der Waals surface area contributed by atoms with E-state index < -0.39 is 0 Å². The van der Waals surface area contributed by atoms with Crippen LogP contribution in [0.1, 0.15) is 13.8 Å². The number of amides is 1. The number of nitrogens with zero attached hydrogens (tertiary/aromatic N) is 3. The van der Waals surface area contributed by atoms with Gasteiger partial charge >= 0.3 is 0 Å². The third-order valence-electron chi connectivity index (χ3n) is 4.05. The predicted octanol–water partition coefficient (Wildman–Crippen LogP) is 3.54. The van der Waals surface area contributed by atoms with E-state index in [9.17, 15) is 4.79 Å². The SMILES string of the molecule is CCN(CC)C(=O)COc1nc(-c2ccccc2)nc2ccccc12. The Morgan fingerprint density at radius 1 is 0.960 bits per heavy atom. The monoisotopic (exact) mass is 335 g/mol. The summed E-state index contributed by atoms with van der Waals surface area (Å²) in [5.41, 5.74) is 1.70. The van der Waals surface area contributed by atoms with Crippen LogP contribution in [0.4, 0.5) is 0 Å². The molecule has 0 spiro atoms. The Labute approximate surface area is 147 Å². The lowest BCUT2D eigenvalue weighted by molar-refractivity contribution is -0.133. The highest BCUT2D eigenvalue weighted by Gasteiger charge is 2.14. The van der Waals surface area contributed by atoms with Crippen LogP contribution in [0.3, 0.4) is 0 Å². The molecule has 0 bridgehead atoms. The van der Waals surface area contributed by atoms with Crippen LogP contribution in [0, 0.1) is 0 Å². The van der Waals surface area contributed by atoms with Crippen LogP contribution in [0.25, 0.3) is 22.3 Å². The molecule has 128 valence electrons. The zero-order valence-corrected chi connectivity index (χ0v) is 14.5. The molecule has 0 fully saturated rings. The van der Waals surface area contributed by atoms with Crippen molar-refractivity contribution in [1.29, 1.82) is 0 Å². The Morgan fingerprint density at radius 3 is 2.36 bits per heavy atom. The van der Waals surface area contributed by atoms with Gasteiger partial charge in [-0.1, -0.05) is 42.5 Å². The molecule has 0 N–H and O–H groups in total. The molecule has 3 rings (SSSR count). The molecule has 0 atom stereocenters. The number of hydrogen-bond acceptors (Lipinski definition) is 4. The number of benzene rings is 2. The molecule has 0 saturated carbocycles. The van der Waals surface area contributed by atoms with Crippen molar-refractivity contribution in [1.82, 2.24) is 14.9 Å². The molecule has 25 heavy (non-hydrogen) atoms. The van der Waals surface area contributed by atoms with E-state index in [1.54, 1.807) is 4.90 Å². The first kappa shape index (κ1) is 16.9. The van der Waals surface area contributed by atoms with Gasteiger partial charge in [0.2, 0.25) is 5.88 Å². The third-order valence-corrected chi connectivity index (χ3v) is 4.05. The van der Waals surface area contributed by atoms with Gasteiger partial charge in [0.1, 0.15) is 0 Å². The molecule has 0 saturated heterocycles. The Bertz CT molecular complexity index is 861. The molecular weight excluding hydrogens is 314 g/mol. The first-order chi connectivity index (χ1) is 12.2. The smallest absolute Gasteiger partial charge is 0.260 e. The van der Waals surface area contributed by atoms with Gasteiger partial charge in [-0.05, 0) is 26.0 Å². The maximum absolute atomic E-state index is 12.2. The zero-order chi connectivity index (χ0) is 17.6. The second kappa shape index (κ2) is 7.75. The first-order valence-corrected chi connectivity index (χ1v) is 8.45. The van der Waals surface area contributed by atoms with E-state index in [0.717, 1.165) is 16.5 Å². The number of para-hydroxylation sites is 1. The van der Waals surface area contributed by atoms with E-state index in [2.05, 4.69) is 9.97 Å². The maximum Gasteiger partial charge on any atom is 0.260 e. The van der Waals surface area contributed by atoms with Gasteiger partial charge in [0.25, 0.3) is 5.91 Å². The minimum absolute atomic E-state index is 0.0308. The van der Waals surface area contributed by atoms with Gasteiger partial charge < -0.3 is 9.64 Å². The summed E-state index contributed by atoms with van der Waals surface area (Å²) in [6.45, 7) is 5.21. The number of likely N-dealkylation sites (N-methyl/N-ethyl adjacent to an activating group) is 1. The zero-order valence-electron chi connectivity index (χ0n) is 14.5. The molecule has 0 aliphatic rings. The largest absolute Gasteiger partial charge is 0.467 e. The number of carbonyl (C=O) groups excluding carboxylic acids is 1. The number of rotatable bonds is 6. The summed E-state index contributed by atoms with van der Waals surface area (Å²) in [6.07, 6.45) is 0. The maximum atomic E-state index is 12.2. The van der Waals surface area contributed by atoms with E-state index in [-0.39, 0.29) is 12.5 Å². The van der Waals surface area contributed by atoms with Crippen LogP contribution in [0.15, 0.2) is 54.6 Å². The van der Waals surface area contributed by atoms with Crippen molar-refractivity contribution in [2.75, 3.05) is 19.7 Å². The highest BCUT2D eigenvalue weighted by Crippen LogP contribution is 2.26. The van der Waals surface area contributed by atoms with Gasteiger partial charge in [-0.3, -0.25) is 4.79 Å². The van der Waals surface area contributed by atoms with Crippen molar-refractivity contribution in [2.24, 2.45) is 0 Å². The summed E-state index contributed by atoms with van der Waals surface area (Å²) >= 11 is 0. The summed E-state index contributed by atoms with van der Waals surface area (Å²) in [7, 11) is 0. The van der Waals surface area contributed by atoms with Gasteiger partial charge in [-0.15, -0.1) is 0 Å². The molecule has 2 aromatic carbocycles. The second-order valence-corrected chi connectivity index (χ2v) is 5.59. The molecule has 1 heterocycles. The Hall–Kier alpha value is -2.95. The number of fused-ring (bicyclic) bond motifs is 1. The van der Waals surface area contributed by atoms with Crippen molar-refractivity contribution >= 4 is 16.8 Å². The third kappa shape index (κ3) is 3.76. The Kier molecular flexibility index (Phi) is 5.23. The lowest BCUT2D eigenvalue weighted by Gasteiger charge is -2.18. The number of carbonyl (C=O) groups is 1. The fourth-order valence-corrected chi connectivity index (χ4v) is 2.67. The van der Waals surface area contributed by atoms with Crippen molar-refractivity contribution in [3.05, 3.63) is 54.6 Å². The van der Waals surface area contributed by atoms with Crippen LogP contribution in [-0.4, -0.2) is 40.5 Å². The summed E-state index contributed by atoms with van der Waals surface area (Å²) in [4.78, 5) is 23.1. The molecule has 1 amide bonds. The van der Waals surface area contributed by atoms with Gasteiger partial charge in [0, 0.05) is 18.7 Å². The number of ether oxygens (including phenoxy) is 1. The standard InChI is InChI=1S/C20H21N3O2/c1-3-23(4-2)18(24)14-25-20-16-12-8-9-13-17(16)21-19(22-20)15-10-6-5-7-11-15/h5-13H,3-4,14H2,1-2H3. The topological polar surface area (TPSA) is 55.3 Å². The van der Waals surface area contributed by atoms with E-state index in [1.807, 2.05) is 68.4 Å². The average molecular weight is 335 g/mol. The van der Waals surface area contributed by atoms with Crippen LogP contribution in [-0.2, 0) is 4.79 Å². The molecule has 0 radical (unpaired) electrons. The minimum atomic E-state index is -0.0473. The van der Waals surface area contributed by atoms with Crippen molar-refractivity contribution in [3.8, 4) is 17.3 Å². The molecule has 1 aromatic heterocycles. The van der Waals surface area contributed by atoms with Crippen LogP contribution in [0.5, 0.6) is 5.88 Å². The lowest BCUT2D eigenvalue weighted by Crippen LogP contribution is -2.34. The fraction of sp³-hybridized carbons (Fsp3) is 0.250. The van der Waals surface area contributed by atoms with Crippen molar-refractivity contribution in [3.63, 3.8) is 0 Å². The van der Waals surface area contributed by atoms with E-state index in [1.165, 1.54) is 0 Å². The summed E-state index contributed by atoms with van der Waals surface area (Å²) in [6, 6.07) is 17.4. The lowest BCUT2D eigenvalue weighted by atomic mass is 10.2. The summed E-state index contributed by atoms with van der Waals surface area (Å²) in [5.74, 6) is 0.975. The molecule has 0 aliphatic carbocycles. The van der Waals surface area contributed by atoms with Gasteiger partial charge in [0.15, 0.2) is 12.4 Å². The predicted molar refractivity (Wildman–Crippen MR) is 98.4 cm³/mol. The second-order valence-electron chi connectivity index (χ2n) is 5.59. The molecular formula is C20H21N3O2. The Morgan fingerprint density at radius 2 is 1.64 bits per heavy atom. The van der Waals surface area contributed by atoms with Crippen LogP contribution >= 0.6 is 0 Å². The number of hydrogen-bond donors (Lipinski definition) is 0. The fourth-order valence-electron chi connectivity index (χ4n) is 2.67. The molecule has 5 heteroatoms. The summed E-state index contributed by atoms with van der Waals surface area (Å²) < 4.78 is 5.79. The quantitative estimate of drug-likeness (QED) is 0.691. The highest BCUT2D eigenvalue weighted by molar-refractivity contribution is 5.86. The van der Waals surface area contributed by atoms with Crippen molar-refractivity contribution in [2.45, 2.75) is 13.8 Å². The highest BCUT2D eigenvalue weighted by atomic mass is 16.5. The van der Waals surface area contributed by atoms with Crippen LogP contribution in [0.2, 0.25) is 0 Å². The van der Waals surface area contributed by atoms with E-state index in [4.69, 9.17) is 4.74 Å². The van der Waals surface area contributed by atoms with Crippen molar-refractivity contribution < 1.29 is 9.53 Å². The number of aromatic nitrogens is 2. The van der Waals surface area contributed by atoms with Crippen LogP contribution < -0.4 is 4.74 Å². The van der Waals surface area contributed by atoms with Gasteiger partial charge in [0.05, 0.1) is 10.9 Å². The van der Waals surface area contributed by atoms with E-state index in [0.29, 0.717) is 24.8 Å². The Balaban J connectivity index is 1.94. The molecule has 3 aromatic rings. The summed E-state index contributed by atoms with van der Waals surface area (Å²) in [5, 5.41) is 0.800. The molecule has 5 nitrogen and oxygen atoms in total. The average Bonchev–Trinajstić information content (AvgIpc) is 2.67. The molecule has 0 unspecified atom stereocenters. The molecule has 0 aliphatic heterocycles. The minimum Gasteiger partial charge on any atom is -0.467 e. The normalized spacial score (nSPS) is 10.6.